The average Bonchev–Trinajstić information content (AvgIpc) is 3.15. The second kappa shape index (κ2) is 5.01. The highest BCUT2D eigenvalue weighted by atomic mass is 35.5. The third-order valence-electron chi connectivity index (χ3n) is 2.98. The van der Waals surface area contributed by atoms with Gasteiger partial charge in [-0.1, -0.05) is 47.1 Å². The zero-order chi connectivity index (χ0) is 13.2. The van der Waals surface area contributed by atoms with Gasteiger partial charge in [0.1, 0.15) is 0 Å². The lowest BCUT2D eigenvalue weighted by Crippen LogP contribution is -2.26. The SMILES string of the molecule is O=C(NC1CC1)c1nnn(Cc2ccccc2)c1Cl. The maximum absolute atomic E-state index is 11.9. The third kappa shape index (κ3) is 2.76. The number of halogens is 1. The predicted molar refractivity (Wildman–Crippen MR) is 71.1 cm³/mol. The summed E-state index contributed by atoms with van der Waals surface area (Å²) in [4.78, 5) is 11.9. The molecule has 1 aliphatic carbocycles. The Morgan fingerprint density at radius 2 is 2.11 bits per heavy atom. The van der Waals surface area contributed by atoms with Gasteiger partial charge >= 0.3 is 0 Å². The van der Waals surface area contributed by atoms with E-state index in [9.17, 15) is 4.79 Å². The van der Waals surface area contributed by atoms with E-state index in [1.54, 1.807) is 0 Å². The molecule has 1 fully saturated rings. The predicted octanol–water partition coefficient (Wildman–Crippen LogP) is 1.87. The summed E-state index contributed by atoms with van der Waals surface area (Å²) < 4.78 is 1.53. The number of rotatable bonds is 4. The Morgan fingerprint density at radius 3 is 2.79 bits per heavy atom. The zero-order valence-corrected chi connectivity index (χ0v) is 11.0. The molecule has 1 aromatic carbocycles. The van der Waals surface area contributed by atoms with E-state index in [1.807, 2.05) is 30.3 Å². The van der Waals surface area contributed by atoms with Crippen molar-refractivity contribution in [3.63, 3.8) is 0 Å². The Morgan fingerprint density at radius 1 is 1.37 bits per heavy atom. The van der Waals surface area contributed by atoms with Gasteiger partial charge in [-0.15, -0.1) is 5.10 Å². The van der Waals surface area contributed by atoms with Crippen LogP contribution < -0.4 is 5.32 Å². The Labute approximate surface area is 115 Å². The van der Waals surface area contributed by atoms with Crippen LogP contribution in [0.1, 0.15) is 28.9 Å². The molecule has 0 unspecified atom stereocenters. The van der Waals surface area contributed by atoms with E-state index in [-0.39, 0.29) is 22.8 Å². The summed E-state index contributed by atoms with van der Waals surface area (Å²) in [5.74, 6) is -0.244. The molecule has 5 nitrogen and oxygen atoms in total. The average molecular weight is 277 g/mol. The van der Waals surface area contributed by atoms with Gasteiger partial charge in [0.05, 0.1) is 6.54 Å². The molecule has 1 N–H and O–H groups in total. The zero-order valence-electron chi connectivity index (χ0n) is 10.2. The molecule has 0 atom stereocenters. The van der Waals surface area contributed by atoms with Gasteiger partial charge in [0, 0.05) is 6.04 Å². The summed E-state index contributed by atoms with van der Waals surface area (Å²) in [5.41, 5.74) is 1.26. The van der Waals surface area contributed by atoms with E-state index in [1.165, 1.54) is 4.68 Å². The van der Waals surface area contributed by atoms with E-state index in [2.05, 4.69) is 15.6 Å². The summed E-state index contributed by atoms with van der Waals surface area (Å²) in [5, 5.41) is 10.9. The molecule has 0 spiro atoms. The van der Waals surface area contributed by atoms with E-state index < -0.39 is 0 Å². The monoisotopic (exact) mass is 276 g/mol. The smallest absolute Gasteiger partial charge is 0.275 e. The maximum atomic E-state index is 11.9. The normalized spacial score (nSPS) is 14.4. The molecule has 3 rings (SSSR count). The molecule has 1 saturated carbocycles. The molecule has 1 heterocycles. The van der Waals surface area contributed by atoms with Crippen molar-refractivity contribution in [1.82, 2.24) is 20.3 Å². The topological polar surface area (TPSA) is 59.8 Å². The molecule has 1 amide bonds. The minimum Gasteiger partial charge on any atom is -0.348 e. The highest BCUT2D eigenvalue weighted by Crippen LogP contribution is 2.21. The van der Waals surface area contributed by atoms with Crippen LogP contribution in [0.25, 0.3) is 0 Å². The lowest BCUT2D eigenvalue weighted by atomic mass is 10.2. The Hall–Kier alpha value is -1.88. The van der Waals surface area contributed by atoms with Crippen molar-refractivity contribution in [2.75, 3.05) is 0 Å². The van der Waals surface area contributed by atoms with E-state index in [0.29, 0.717) is 6.54 Å². The molecular weight excluding hydrogens is 264 g/mol. The minimum absolute atomic E-state index is 0.199. The summed E-state index contributed by atoms with van der Waals surface area (Å²) in [6, 6.07) is 10.1. The summed E-state index contributed by atoms with van der Waals surface area (Å²) >= 11 is 6.15. The first-order valence-corrected chi connectivity index (χ1v) is 6.55. The molecule has 6 heteroatoms. The molecule has 19 heavy (non-hydrogen) atoms. The number of carbonyl (C=O) groups is 1. The second-order valence-corrected chi connectivity index (χ2v) is 4.98. The van der Waals surface area contributed by atoms with Crippen LogP contribution in [0, 0.1) is 0 Å². The molecule has 0 bridgehead atoms. The highest BCUT2D eigenvalue weighted by Gasteiger charge is 2.27. The van der Waals surface area contributed by atoms with Crippen LogP contribution in [0.5, 0.6) is 0 Å². The molecule has 0 aliphatic heterocycles. The van der Waals surface area contributed by atoms with Crippen LogP contribution in [0.2, 0.25) is 5.15 Å². The molecule has 1 aliphatic rings. The number of nitrogens with one attached hydrogen (secondary N) is 1. The third-order valence-corrected chi connectivity index (χ3v) is 3.35. The molecular formula is C13H13ClN4O. The van der Waals surface area contributed by atoms with Crippen LogP contribution in [0.15, 0.2) is 30.3 Å². The van der Waals surface area contributed by atoms with Gasteiger partial charge in [0.15, 0.2) is 10.8 Å². The quantitative estimate of drug-likeness (QED) is 0.927. The summed E-state index contributed by atoms with van der Waals surface area (Å²) in [6.07, 6.45) is 2.06. The van der Waals surface area contributed by atoms with E-state index in [0.717, 1.165) is 18.4 Å². The fourth-order valence-electron chi connectivity index (χ4n) is 1.78. The molecule has 0 radical (unpaired) electrons. The van der Waals surface area contributed by atoms with Gasteiger partial charge in [-0.05, 0) is 18.4 Å². The van der Waals surface area contributed by atoms with Crippen LogP contribution in [0.4, 0.5) is 0 Å². The molecule has 98 valence electrons. The van der Waals surface area contributed by atoms with Crippen LogP contribution in [0.3, 0.4) is 0 Å². The number of aromatic nitrogens is 3. The highest BCUT2D eigenvalue weighted by molar-refractivity contribution is 6.32. The van der Waals surface area contributed by atoms with E-state index >= 15 is 0 Å². The van der Waals surface area contributed by atoms with Crippen molar-refractivity contribution in [2.24, 2.45) is 0 Å². The number of carbonyl (C=O) groups excluding carboxylic acids is 1. The van der Waals surface area contributed by atoms with Crippen molar-refractivity contribution in [2.45, 2.75) is 25.4 Å². The van der Waals surface area contributed by atoms with Crippen LogP contribution in [-0.4, -0.2) is 26.9 Å². The summed E-state index contributed by atoms with van der Waals surface area (Å²) in [6.45, 7) is 0.503. The van der Waals surface area contributed by atoms with Gasteiger partial charge in [0.2, 0.25) is 0 Å². The van der Waals surface area contributed by atoms with Crippen molar-refractivity contribution in [1.29, 1.82) is 0 Å². The van der Waals surface area contributed by atoms with Crippen molar-refractivity contribution in [3.8, 4) is 0 Å². The van der Waals surface area contributed by atoms with Gasteiger partial charge in [-0.3, -0.25) is 4.79 Å². The summed E-state index contributed by atoms with van der Waals surface area (Å²) in [7, 11) is 0. The Kier molecular flexibility index (Phi) is 3.21. The number of nitrogens with zero attached hydrogens (tertiary/aromatic N) is 3. The fraction of sp³-hybridized carbons (Fsp3) is 0.308. The van der Waals surface area contributed by atoms with Gasteiger partial charge < -0.3 is 5.32 Å². The Bertz CT molecular complexity index is 592. The standard InChI is InChI=1S/C13H13ClN4O/c14-12-11(13(19)15-10-6-7-10)16-17-18(12)8-9-4-2-1-3-5-9/h1-5,10H,6-8H2,(H,15,19). The first kappa shape index (κ1) is 12.2. The molecule has 0 saturated heterocycles. The molecule has 2 aromatic rings. The number of hydrogen-bond acceptors (Lipinski definition) is 3. The lowest BCUT2D eigenvalue weighted by Gasteiger charge is -2.03. The number of hydrogen-bond donors (Lipinski definition) is 1. The van der Waals surface area contributed by atoms with Crippen molar-refractivity contribution < 1.29 is 4.79 Å². The molecule has 1 aromatic heterocycles. The van der Waals surface area contributed by atoms with Crippen LogP contribution in [-0.2, 0) is 6.54 Å². The Balaban J connectivity index is 1.76. The number of benzene rings is 1. The largest absolute Gasteiger partial charge is 0.348 e. The van der Waals surface area contributed by atoms with Crippen LogP contribution >= 0.6 is 11.6 Å². The van der Waals surface area contributed by atoms with Crippen molar-refractivity contribution >= 4 is 17.5 Å². The second-order valence-electron chi connectivity index (χ2n) is 4.62. The lowest BCUT2D eigenvalue weighted by molar-refractivity contribution is 0.0946. The number of amides is 1. The first-order valence-electron chi connectivity index (χ1n) is 6.18. The van der Waals surface area contributed by atoms with Gasteiger partial charge in [-0.25, -0.2) is 4.68 Å². The minimum atomic E-state index is -0.244. The van der Waals surface area contributed by atoms with E-state index in [4.69, 9.17) is 11.6 Å². The first-order chi connectivity index (χ1) is 9.24. The van der Waals surface area contributed by atoms with Gasteiger partial charge in [0.25, 0.3) is 5.91 Å². The van der Waals surface area contributed by atoms with Crippen molar-refractivity contribution in [3.05, 3.63) is 46.7 Å². The maximum Gasteiger partial charge on any atom is 0.275 e. The fourth-order valence-corrected chi connectivity index (χ4v) is 2.00. The van der Waals surface area contributed by atoms with Gasteiger partial charge in [-0.2, -0.15) is 0 Å².